The van der Waals surface area contributed by atoms with Crippen molar-refractivity contribution in [3.8, 4) is 0 Å². The maximum Gasteiger partial charge on any atom is 0.210 e. The minimum absolute atomic E-state index is 0.0797. The summed E-state index contributed by atoms with van der Waals surface area (Å²) in [6.45, 7) is 3.52. The average molecular weight is 253 g/mol. The summed E-state index contributed by atoms with van der Waals surface area (Å²) in [4.78, 5) is 4.13. The molecular weight excluding hydrogens is 242 g/mol. The number of nitrogens with zero attached hydrogens (tertiary/aromatic N) is 1. The van der Waals surface area contributed by atoms with Gasteiger partial charge in [-0.05, 0) is 18.6 Å². The van der Waals surface area contributed by atoms with Crippen molar-refractivity contribution < 1.29 is 8.42 Å². The zero-order chi connectivity index (χ0) is 11.6. The first-order valence-electron chi connectivity index (χ1n) is 4.83. The van der Waals surface area contributed by atoms with Crippen LogP contribution in [0, 0.1) is 0 Å². The number of benzene rings is 1. The predicted octanol–water partition coefficient (Wildman–Crippen LogP) is 2.65. The summed E-state index contributed by atoms with van der Waals surface area (Å²) >= 11 is 1.22. The monoisotopic (exact) mass is 253 g/mol. The molecule has 5 heteroatoms. The van der Waals surface area contributed by atoms with Crippen LogP contribution in [0.4, 0.5) is 0 Å². The molecule has 2 aromatic rings. The molecule has 0 aliphatic carbocycles. The van der Waals surface area contributed by atoms with Crippen molar-refractivity contribution in [2.24, 2.45) is 0 Å². The molecule has 1 heterocycles. The van der Waals surface area contributed by atoms with Gasteiger partial charge in [0.05, 0.1) is 16.0 Å². The second-order valence-electron chi connectivity index (χ2n) is 3.34. The quantitative estimate of drug-likeness (QED) is 0.787. The van der Waals surface area contributed by atoms with Crippen LogP contribution in [0.1, 0.15) is 6.42 Å². The van der Waals surface area contributed by atoms with Gasteiger partial charge in [0.15, 0.2) is 0 Å². The lowest BCUT2D eigenvalue weighted by Gasteiger charge is -1.95. The van der Waals surface area contributed by atoms with Crippen LogP contribution >= 0.6 is 11.3 Å². The lowest BCUT2D eigenvalue weighted by Crippen LogP contribution is -2.05. The predicted molar refractivity (Wildman–Crippen MR) is 66.5 cm³/mol. The van der Waals surface area contributed by atoms with E-state index in [-0.39, 0.29) is 10.1 Å². The number of allylic oxidation sites excluding steroid dienone is 1. The Morgan fingerprint density at radius 2 is 2.12 bits per heavy atom. The Balaban J connectivity index is 2.43. The molecule has 1 aromatic carbocycles. The molecule has 0 bridgehead atoms. The zero-order valence-electron chi connectivity index (χ0n) is 8.59. The third-order valence-electron chi connectivity index (χ3n) is 2.13. The second kappa shape index (κ2) is 4.35. The Morgan fingerprint density at radius 1 is 1.38 bits per heavy atom. The van der Waals surface area contributed by atoms with E-state index in [1.165, 1.54) is 11.3 Å². The number of aromatic nitrogens is 1. The van der Waals surface area contributed by atoms with Crippen molar-refractivity contribution >= 4 is 31.4 Å². The molecule has 0 N–H and O–H groups in total. The van der Waals surface area contributed by atoms with Crippen LogP contribution in [0.2, 0.25) is 0 Å². The molecule has 0 aliphatic heterocycles. The van der Waals surface area contributed by atoms with Crippen LogP contribution in [0.15, 0.2) is 41.3 Å². The number of rotatable bonds is 4. The molecule has 3 nitrogen and oxygen atoms in total. The summed E-state index contributed by atoms with van der Waals surface area (Å²) in [6, 6.07) is 7.42. The van der Waals surface area contributed by atoms with Gasteiger partial charge in [-0.25, -0.2) is 13.4 Å². The SMILES string of the molecule is C=CCCS(=O)(=O)c1nc2ccccc2s1. The van der Waals surface area contributed by atoms with Gasteiger partial charge in [0, 0.05) is 0 Å². The van der Waals surface area contributed by atoms with Gasteiger partial charge in [-0.2, -0.15) is 0 Å². The van der Waals surface area contributed by atoms with Gasteiger partial charge >= 0.3 is 0 Å². The van der Waals surface area contributed by atoms with Crippen LogP contribution in [0.5, 0.6) is 0 Å². The van der Waals surface area contributed by atoms with E-state index in [0.717, 1.165) is 10.2 Å². The molecular formula is C11H11NO2S2. The van der Waals surface area contributed by atoms with Gasteiger partial charge in [-0.1, -0.05) is 18.2 Å². The summed E-state index contributed by atoms with van der Waals surface area (Å²) in [5, 5.41) is 0. The molecule has 0 saturated carbocycles. The minimum Gasteiger partial charge on any atom is -0.225 e. The van der Waals surface area contributed by atoms with Crippen molar-refractivity contribution in [1.29, 1.82) is 0 Å². The second-order valence-corrected chi connectivity index (χ2v) is 6.66. The summed E-state index contributed by atoms with van der Waals surface area (Å²) in [7, 11) is -3.25. The highest BCUT2D eigenvalue weighted by Gasteiger charge is 2.18. The number of thiazole rings is 1. The van der Waals surface area contributed by atoms with Crippen LogP contribution < -0.4 is 0 Å². The first-order chi connectivity index (χ1) is 7.63. The van der Waals surface area contributed by atoms with E-state index in [4.69, 9.17) is 0 Å². The molecule has 0 atom stereocenters. The highest BCUT2D eigenvalue weighted by Crippen LogP contribution is 2.25. The Labute approximate surface area is 98.4 Å². The number of para-hydroxylation sites is 1. The van der Waals surface area contributed by atoms with Gasteiger partial charge in [-0.15, -0.1) is 17.9 Å². The van der Waals surface area contributed by atoms with Gasteiger partial charge in [0.2, 0.25) is 14.2 Å². The largest absolute Gasteiger partial charge is 0.225 e. The van der Waals surface area contributed by atoms with Crippen molar-refractivity contribution in [2.75, 3.05) is 5.75 Å². The molecule has 0 saturated heterocycles. The van der Waals surface area contributed by atoms with Crippen LogP contribution in [0.25, 0.3) is 10.2 Å². The molecule has 0 spiro atoms. The maximum atomic E-state index is 11.9. The Kier molecular flexibility index (Phi) is 3.07. The smallest absolute Gasteiger partial charge is 0.210 e. The molecule has 1 aromatic heterocycles. The lowest BCUT2D eigenvalue weighted by atomic mass is 10.3. The standard InChI is InChI=1S/C11H11NO2S2/c1-2-3-8-16(13,14)11-12-9-6-4-5-7-10(9)15-11/h2,4-7H,1,3,8H2. The van der Waals surface area contributed by atoms with Crippen LogP contribution in [-0.2, 0) is 9.84 Å². The third kappa shape index (κ3) is 2.15. The molecule has 0 amide bonds. The van der Waals surface area contributed by atoms with E-state index in [9.17, 15) is 8.42 Å². The summed E-state index contributed by atoms with van der Waals surface area (Å²) < 4.78 is 24.8. The van der Waals surface area contributed by atoms with E-state index in [2.05, 4.69) is 11.6 Å². The number of sulfone groups is 1. The molecule has 0 radical (unpaired) electrons. The molecule has 0 fully saturated rings. The molecule has 0 unspecified atom stereocenters. The van der Waals surface area contributed by atoms with Crippen molar-refractivity contribution in [3.63, 3.8) is 0 Å². The Hall–Kier alpha value is -1.20. The van der Waals surface area contributed by atoms with E-state index in [0.29, 0.717) is 6.42 Å². The highest BCUT2D eigenvalue weighted by atomic mass is 32.2. The zero-order valence-corrected chi connectivity index (χ0v) is 10.2. The lowest BCUT2D eigenvalue weighted by molar-refractivity contribution is 0.595. The molecule has 0 aliphatic rings. The van der Waals surface area contributed by atoms with Crippen molar-refractivity contribution in [1.82, 2.24) is 4.98 Å². The molecule has 2 rings (SSSR count). The van der Waals surface area contributed by atoms with Crippen molar-refractivity contribution in [3.05, 3.63) is 36.9 Å². The Morgan fingerprint density at radius 3 is 2.81 bits per heavy atom. The van der Waals surface area contributed by atoms with Crippen molar-refractivity contribution in [2.45, 2.75) is 10.8 Å². The first kappa shape index (κ1) is 11.3. The summed E-state index contributed by atoms with van der Waals surface area (Å²) in [5.41, 5.74) is 0.740. The highest BCUT2D eigenvalue weighted by molar-refractivity contribution is 7.93. The fraction of sp³-hybridized carbons (Fsp3) is 0.182. The number of fused-ring (bicyclic) bond motifs is 1. The van der Waals surface area contributed by atoms with Gasteiger partial charge < -0.3 is 0 Å². The third-order valence-corrected chi connectivity index (χ3v) is 5.37. The van der Waals surface area contributed by atoms with Gasteiger partial charge in [-0.3, -0.25) is 0 Å². The van der Waals surface area contributed by atoms with Crippen LogP contribution in [-0.4, -0.2) is 19.2 Å². The fourth-order valence-corrected chi connectivity index (χ4v) is 3.92. The number of hydrogen-bond acceptors (Lipinski definition) is 4. The molecule has 84 valence electrons. The maximum absolute atomic E-state index is 11.9. The first-order valence-corrected chi connectivity index (χ1v) is 7.29. The van der Waals surface area contributed by atoms with Gasteiger partial charge in [0.25, 0.3) is 0 Å². The summed E-state index contributed by atoms with van der Waals surface area (Å²) in [5.74, 6) is 0.0797. The number of hydrogen-bond donors (Lipinski definition) is 0. The van der Waals surface area contributed by atoms with E-state index in [1.807, 2.05) is 24.3 Å². The molecule has 16 heavy (non-hydrogen) atoms. The minimum atomic E-state index is -3.25. The Bertz CT molecular complexity index is 581. The van der Waals surface area contributed by atoms with Crippen LogP contribution in [0.3, 0.4) is 0 Å². The fourth-order valence-electron chi connectivity index (χ4n) is 1.31. The summed E-state index contributed by atoms with van der Waals surface area (Å²) in [6.07, 6.45) is 2.06. The average Bonchev–Trinajstić information content (AvgIpc) is 2.71. The van der Waals surface area contributed by atoms with E-state index < -0.39 is 9.84 Å². The van der Waals surface area contributed by atoms with Gasteiger partial charge in [0.1, 0.15) is 0 Å². The van der Waals surface area contributed by atoms with E-state index >= 15 is 0 Å². The van der Waals surface area contributed by atoms with E-state index in [1.54, 1.807) is 6.08 Å². The normalized spacial score (nSPS) is 11.8. The topological polar surface area (TPSA) is 47.0 Å².